The zero-order valence-corrected chi connectivity index (χ0v) is 20.9. The first-order chi connectivity index (χ1) is 16.0. The Morgan fingerprint density at radius 3 is 2.41 bits per heavy atom. The number of nitrogens with one attached hydrogen (secondary N) is 1. The predicted octanol–water partition coefficient (Wildman–Crippen LogP) is 3.84. The van der Waals surface area contributed by atoms with Crippen molar-refractivity contribution in [2.75, 3.05) is 18.9 Å². The molecule has 1 aromatic heterocycles. The number of rotatable bonds is 8. The second kappa shape index (κ2) is 10.6. The Labute approximate surface area is 203 Å². The zero-order valence-electron chi connectivity index (χ0n) is 20.0. The van der Waals surface area contributed by atoms with Crippen LogP contribution in [0.3, 0.4) is 0 Å². The third kappa shape index (κ3) is 6.16. The number of hydrogen-bond acceptors (Lipinski definition) is 9. The van der Waals surface area contributed by atoms with Crippen LogP contribution in [0, 0.1) is 0 Å². The van der Waals surface area contributed by atoms with Gasteiger partial charge >= 0.3 is 19.2 Å². The van der Waals surface area contributed by atoms with Gasteiger partial charge in [-0.2, -0.15) is 0 Å². The number of nitrogens with zero attached hydrogens (tertiary/aromatic N) is 1. The molecule has 1 fully saturated rings. The molecule has 0 bridgehead atoms. The molecule has 9 nitrogen and oxygen atoms in total. The topological polar surface area (TPSA) is 122 Å². The molecule has 0 atom stereocenters. The van der Waals surface area contributed by atoms with Gasteiger partial charge in [0.1, 0.15) is 6.61 Å². The number of benzene rings is 1. The molecule has 3 N–H and O–H groups in total. The quantitative estimate of drug-likeness (QED) is 0.426. The first kappa shape index (κ1) is 25.7. The molecule has 2 aromatic rings. The van der Waals surface area contributed by atoms with Gasteiger partial charge in [0.2, 0.25) is 0 Å². The highest BCUT2D eigenvalue weighted by Crippen LogP contribution is 2.39. The summed E-state index contributed by atoms with van der Waals surface area (Å²) in [5.74, 6) is -0.579. The van der Waals surface area contributed by atoms with Gasteiger partial charge in [-0.15, -0.1) is 0 Å². The first-order valence-corrected chi connectivity index (χ1v) is 11.8. The lowest BCUT2D eigenvalue weighted by Gasteiger charge is -2.32. The molecule has 1 aliphatic rings. The van der Waals surface area contributed by atoms with Gasteiger partial charge in [0.05, 0.1) is 22.7 Å². The van der Waals surface area contributed by atoms with Crippen molar-refractivity contribution in [2.45, 2.75) is 52.4 Å². The Morgan fingerprint density at radius 2 is 1.79 bits per heavy atom. The van der Waals surface area contributed by atoms with Crippen molar-refractivity contribution in [2.24, 2.45) is 0 Å². The maximum Gasteiger partial charge on any atom is 0.492 e. The van der Waals surface area contributed by atoms with Gasteiger partial charge in [-0.1, -0.05) is 41.7 Å². The van der Waals surface area contributed by atoms with Crippen molar-refractivity contribution < 1.29 is 28.4 Å². The number of ether oxygens (including phenoxy) is 2. The number of carbonyl (C=O) groups excluding carboxylic acids is 2. The fourth-order valence-electron chi connectivity index (χ4n) is 3.11. The number of aromatic nitrogens is 1. The summed E-state index contributed by atoms with van der Waals surface area (Å²) in [6.45, 7) is 9.84. The summed E-state index contributed by atoms with van der Waals surface area (Å²) < 4.78 is 22.7. The summed E-state index contributed by atoms with van der Waals surface area (Å²) in [7, 11) is -0.766. The van der Waals surface area contributed by atoms with Crippen LogP contribution < -0.4 is 11.1 Å². The molecule has 2 heterocycles. The average molecular weight is 487 g/mol. The molecule has 1 aliphatic heterocycles. The van der Waals surface area contributed by atoms with Crippen LogP contribution in [0.15, 0.2) is 35.8 Å². The lowest BCUT2D eigenvalue weighted by molar-refractivity contribution is 0.00578. The van der Waals surface area contributed by atoms with Crippen molar-refractivity contribution in [3.63, 3.8) is 0 Å². The lowest BCUT2D eigenvalue weighted by Crippen LogP contribution is -2.41. The number of hydrogen-bond donors (Lipinski definition) is 2. The van der Waals surface area contributed by atoms with Crippen molar-refractivity contribution >= 4 is 41.7 Å². The summed E-state index contributed by atoms with van der Waals surface area (Å²) in [6.07, 6.45) is 1.10. The van der Waals surface area contributed by atoms with Crippen molar-refractivity contribution in [3.8, 4) is 0 Å². The van der Waals surface area contributed by atoms with Crippen LogP contribution in [0.5, 0.6) is 0 Å². The molecule has 0 spiro atoms. The molecule has 1 saturated heterocycles. The van der Waals surface area contributed by atoms with Gasteiger partial charge in [-0.05, 0) is 51.7 Å². The van der Waals surface area contributed by atoms with Gasteiger partial charge in [-0.3, -0.25) is 0 Å². The number of alkyl carbamates (subject to hydrolysis) is 1. The van der Waals surface area contributed by atoms with E-state index in [0.29, 0.717) is 10.3 Å². The summed E-state index contributed by atoms with van der Waals surface area (Å²) >= 11 is 1.13. The molecular weight excluding hydrogens is 457 g/mol. The van der Waals surface area contributed by atoms with Gasteiger partial charge in [0.25, 0.3) is 0 Å². The summed E-state index contributed by atoms with van der Waals surface area (Å²) in [6, 6.07) is 9.37. The standard InChI is InChI=1S/C23H30BN3O6S/c1-6-30-19(28)18-17(34-20(25)27-18)12-16(24-32-22(2,3)23(4,5)33-24)13-26-21(29)31-14-15-10-8-7-9-11-15/h7-12H,6,13-14H2,1-5H3,(H2,25,27)(H,26,29). The SMILES string of the molecule is CCOC(=O)c1nc(N)sc1C=C(CNC(=O)OCc1ccccc1)B1OC(C)(C)C(C)(C)O1. The Hall–Kier alpha value is -2.89. The maximum absolute atomic E-state index is 12.4. The highest BCUT2D eigenvalue weighted by molar-refractivity contribution is 7.16. The van der Waals surface area contributed by atoms with Gasteiger partial charge < -0.3 is 29.8 Å². The minimum absolute atomic E-state index is 0.0600. The second-order valence-corrected chi connectivity index (χ2v) is 9.77. The lowest BCUT2D eigenvalue weighted by atomic mass is 9.77. The number of anilines is 1. The molecule has 3 rings (SSSR count). The molecule has 0 radical (unpaired) electrons. The Morgan fingerprint density at radius 1 is 1.15 bits per heavy atom. The van der Waals surface area contributed by atoms with E-state index in [-0.39, 0.29) is 30.6 Å². The highest BCUT2D eigenvalue weighted by Gasteiger charge is 2.52. The van der Waals surface area contributed by atoms with E-state index in [0.717, 1.165) is 16.9 Å². The minimum Gasteiger partial charge on any atom is -0.461 e. The smallest absolute Gasteiger partial charge is 0.461 e. The molecular formula is C23H30BN3O6S. The van der Waals surface area contributed by atoms with Gasteiger partial charge in [0.15, 0.2) is 10.8 Å². The predicted molar refractivity (Wildman–Crippen MR) is 131 cm³/mol. The molecule has 0 saturated carbocycles. The fourth-order valence-corrected chi connectivity index (χ4v) is 3.90. The Bertz CT molecular complexity index is 1040. The summed E-state index contributed by atoms with van der Waals surface area (Å²) in [5, 5.41) is 2.95. The zero-order chi connectivity index (χ0) is 24.9. The second-order valence-electron chi connectivity index (χ2n) is 8.71. The third-order valence-corrected chi connectivity index (χ3v) is 6.49. The van der Waals surface area contributed by atoms with Crippen LogP contribution in [0.25, 0.3) is 6.08 Å². The van der Waals surface area contributed by atoms with E-state index in [1.807, 2.05) is 58.0 Å². The van der Waals surface area contributed by atoms with E-state index >= 15 is 0 Å². The fraction of sp³-hybridized carbons (Fsp3) is 0.435. The maximum atomic E-state index is 12.4. The molecule has 1 amide bonds. The Balaban J connectivity index is 1.81. The third-order valence-electron chi connectivity index (χ3n) is 5.66. The van der Waals surface area contributed by atoms with Crippen molar-refractivity contribution in [1.82, 2.24) is 10.3 Å². The minimum atomic E-state index is -0.766. The van der Waals surface area contributed by atoms with Crippen LogP contribution in [0.4, 0.5) is 9.93 Å². The number of esters is 1. The van der Waals surface area contributed by atoms with E-state index in [9.17, 15) is 9.59 Å². The molecule has 182 valence electrons. The molecule has 34 heavy (non-hydrogen) atoms. The highest BCUT2D eigenvalue weighted by atomic mass is 32.1. The largest absolute Gasteiger partial charge is 0.492 e. The van der Waals surface area contributed by atoms with E-state index in [2.05, 4.69) is 10.3 Å². The number of carbonyl (C=O) groups is 2. The van der Waals surface area contributed by atoms with E-state index < -0.39 is 30.4 Å². The average Bonchev–Trinajstić information content (AvgIpc) is 3.25. The summed E-state index contributed by atoms with van der Waals surface area (Å²) in [4.78, 5) is 29.3. The van der Waals surface area contributed by atoms with Gasteiger partial charge in [-0.25, -0.2) is 14.6 Å². The van der Waals surface area contributed by atoms with Gasteiger partial charge in [0, 0.05) is 6.54 Å². The first-order valence-electron chi connectivity index (χ1n) is 11.0. The number of nitrogens with two attached hydrogens (primary N) is 1. The van der Waals surface area contributed by atoms with Crippen LogP contribution >= 0.6 is 11.3 Å². The van der Waals surface area contributed by atoms with E-state index in [1.165, 1.54) is 0 Å². The normalized spacial score (nSPS) is 16.9. The van der Waals surface area contributed by atoms with Crippen molar-refractivity contribution in [1.29, 1.82) is 0 Å². The van der Waals surface area contributed by atoms with Crippen LogP contribution in [-0.4, -0.2) is 48.5 Å². The Kier molecular flexibility index (Phi) is 8.01. The van der Waals surface area contributed by atoms with Crippen LogP contribution in [-0.2, 0) is 25.4 Å². The monoisotopic (exact) mass is 487 g/mol. The van der Waals surface area contributed by atoms with Crippen LogP contribution in [0.2, 0.25) is 0 Å². The van der Waals surface area contributed by atoms with Crippen molar-refractivity contribution in [3.05, 3.63) is 51.9 Å². The van der Waals surface area contributed by atoms with E-state index in [1.54, 1.807) is 13.0 Å². The molecule has 1 aromatic carbocycles. The van der Waals surface area contributed by atoms with E-state index in [4.69, 9.17) is 24.5 Å². The summed E-state index contributed by atoms with van der Waals surface area (Å²) in [5.41, 5.74) is 6.22. The molecule has 0 unspecified atom stereocenters. The van der Waals surface area contributed by atoms with Crippen LogP contribution in [0.1, 0.15) is 55.5 Å². The number of amides is 1. The molecule has 0 aliphatic carbocycles. The molecule has 11 heteroatoms. The number of nitrogen functional groups attached to an aromatic ring is 1. The number of thiazole rings is 1.